The lowest BCUT2D eigenvalue weighted by Crippen LogP contribution is -2.46. The molecule has 4 rings (SSSR count). The zero-order valence-corrected chi connectivity index (χ0v) is 19.8. The van der Waals surface area contributed by atoms with Crippen LogP contribution in [0.25, 0.3) is 11.5 Å². The monoisotopic (exact) mass is 442 g/mol. The molecule has 0 saturated carbocycles. The summed E-state index contributed by atoms with van der Waals surface area (Å²) in [6.07, 6.45) is 3.71. The van der Waals surface area contributed by atoms with Crippen molar-refractivity contribution in [1.29, 1.82) is 5.26 Å². The van der Waals surface area contributed by atoms with Crippen molar-refractivity contribution >= 4 is 0 Å². The SMILES string of the molecule is CC(C)C(C#N)(CCCN1CCN(Cc2coc(-c3ccccc3)n2)CC1)c1ccccc1. The van der Waals surface area contributed by atoms with E-state index in [0.717, 1.165) is 68.9 Å². The molecule has 0 amide bonds. The summed E-state index contributed by atoms with van der Waals surface area (Å²) in [4.78, 5) is 9.65. The van der Waals surface area contributed by atoms with Gasteiger partial charge in [0.15, 0.2) is 0 Å². The lowest BCUT2D eigenvalue weighted by atomic mass is 9.70. The second-order valence-corrected chi connectivity index (χ2v) is 9.34. The third kappa shape index (κ3) is 5.52. The fraction of sp³-hybridized carbons (Fsp3) is 0.429. The molecule has 5 heteroatoms. The van der Waals surface area contributed by atoms with Crippen LogP contribution in [0.5, 0.6) is 0 Å². The molecule has 2 aromatic carbocycles. The summed E-state index contributed by atoms with van der Waals surface area (Å²) >= 11 is 0. The molecule has 0 aliphatic carbocycles. The number of rotatable bonds is 9. The molecule has 0 N–H and O–H groups in total. The smallest absolute Gasteiger partial charge is 0.226 e. The molecule has 1 fully saturated rings. The third-order valence-electron chi connectivity index (χ3n) is 6.94. The maximum Gasteiger partial charge on any atom is 0.226 e. The Morgan fingerprint density at radius 2 is 1.61 bits per heavy atom. The first-order valence-corrected chi connectivity index (χ1v) is 12.0. The molecule has 5 nitrogen and oxygen atoms in total. The van der Waals surface area contributed by atoms with E-state index in [1.807, 2.05) is 48.5 Å². The summed E-state index contributed by atoms with van der Waals surface area (Å²) in [5.41, 5.74) is 2.74. The van der Waals surface area contributed by atoms with E-state index in [4.69, 9.17) is 4.42 Å². The maximum atomic E-state index is 10.1. The van der Waals surface area contributed by atoms with Crippen molar-refractivity contribution < 1.29 is 4.42 Å². The Labute approximate surface area is 197 Å². The van der Waals surface area contributed by atoms with Gasteiger partial charge in [-0.05, 0) is 43.0 Å². The Hall–Kier alpha value is -2.94. The molecular formula is C28H34N4O. The number of hydrogen-bond acceptors (Lipinski definition) is 5. The highest BCUT2D eigenvalue weighted by Gasteiger charge is 2.35. The van der Waals surface area contributed by atoms with Crippen LogP contribution in [0.1, 0.15) is 37.9 Å². The average Bonchev–Trinajstić information content (AvgIpc) is 3.32. The lowest BCUT2D eigenvalue weighted by Gasteiger charge is -2.36. The van der Waals surface area contributed by atoms with E-state index in [-0.39, 0.29) is 5.92 Å². The van der Waals surface area contributed by atoms with Gasteiger partial charge >= 0.3 is 0 Å². The predicted octanol–water partition coefficient (Wildman–Crippen LogP) is 5.36. The average molecular weight is 443 g/mol. The zero-order valence-electron chi connectivity index (χ0n) is 19.8. The number of benzene rings is 2. The maximum absolute atomic E-state index is 10.1. The van der Waals surface area contributed by atoms with Gasteiger partial charge in [0.1, 0.15) is 6.26 Å². The van der Waals surface area contributed by atoms with Crippen LogP contribution in [0, 0.1) is 17.2 Å². The predicted molar refractivity (Wildman–Crippen MR) is 131 cm³/mol. The highest BCUT2D eigenvalue weighted by molar-refractivity contribution is 5.52. The minimum Gasteiger partial charge on any atom is -0.444 e. The van der Waals surface area contributed by atoms with Crippen LogP contribution in [0.4, 0.5) is 0 Å². The summed E-state index contributed by atoms with van der Waals surface area (Å²) in [7, 11) is 0. The minimum atomic E-state index is -0.410. The van der Waals surface area contributed by atoms with E-state index in [0.29, 0.717) is 5.89 Å². The van der Waals surface area contributed by atoms with Gasteiger partial charge in [-0.1, -0.05) is 62.4 Å². The minimum absolute atomic E-state index is 0.282. The van der Waals surface area contributed by atoms with Gasteiger partial charge in [0.05, 0.1) is 17.2 Å². The Kier molecular flexibility index (Phi) is 7.59. The van der Waals surface area contributed by atoms with Crippen molar-refractivity contribution in [2.45, 2.75) is 38.6 Å². The van der Waals surface area contributed by atoms with Gasteiger partial charge in [-0.15, -0.1) is 0 Å². The fourth-order valence-corrected chi connectivity index (χ4v) is 4.83. The molecule has 1 aromatic heterocycles. The van der Waals surface area contributed by atoms with E-state index < -0.39 is 5.41 Å². The molecule has 1 atom stereocenters. The molecule has 1 aliphatic rings. The molecule has 0 spiro atoms. The molecule has 3 aromatic rings. The summed E-state index contributed by atoms with van der Waals surface area (Å²) in [6.45, 7) is 10.4. The zero-order chi connectivity index (χ0) is 23.1. The van der Waals surface area contributed by atoms with E-state index in [1.54, 1.807) is 6.26 Å². The summed E-state index contributed by atoms with van der Waals surface area (Å²) < 4.78 is 5.69. The van der Waals surface area contributed by atoms with Crippen molar-refractivity contribution in [3.05, 3.63) is 78.2 Å². The standard InChI is InChI=1S/C28H34N4O/c1-23(2)28(22-29,25-12-7-4-8-13-25)14-9-15-31-16-18-32(19-17-31)20-26-21-33-27(30-26)24-10-5-3-6-11-24/h3-8,10-13,21,23H,9,14-20H2,1-2H3. The Morgan fingerprint density at radius 1 is 0.970 bits per heavy atom. The lowest BCUT2D eigenvalue weighted by molar-refractivity contribution is 0.122. The van der Waals surface area contributed by atoms with Crippen LogP contribution in [0.3, 0.4) is 0 Å². The highest BCUT2D eigenvalue weighted by Crippen LogP contribution is 2.36. The van der Waals surface area contributed by atoms with Crippen LogP contribution in [-0.2, 0) is 12.0 Å². The molecule has 2 heterocycles. The van der Waals surface area contributed by atoms with Crippen molar-refractivity contribution in [3.8, 4) is 17.5 Å². The second kappa shape index (κ2) is 10.8. The Morgan fingerprint density at radius 3 is 2.24 bits per heavy atom. The van der Waals surface area contributed by atoms with E-state index in [9.17, 15) is 5.26 Å². The van der Waals surface area contributed by atoms with Crippen molar-refractivity contribution in [1.82, 2.24) is 14.8 Å². The first kappa shape index (κ1) is 23.2. The van der Waals surface area contributed by atoms with Gasteiger partial charge < -0.3 is 9.32 Å². The Bertz CT molecular complexity index is 1030. The molecule has 1 unspecified atom stereocenters. The van der Waals surface area contributed by atoms with E-state index in [1.165, 1.54) is 0 Å². The van der Waals surface area contributed by atoms with Crippen molar-refractivity contribution in [2.24, 2.45) is 5.92 Å². The number of aromatic nitrogens is 1. The molecular weight excluding hydrogens is 408 g/mol. The number of oxazole rings is 1. The number of nitrogens with zero attached hydrogens (tertiary/aromatic N) is 4. The van der Waals surface area contributed by atoms with Gasteiger partial charge in [-0.3, -0.25) is 4.90 Å². The fourth-order valence-electron chi connectivity index (χ4n) is 4.83. The van der Waals surface area contributed by atoms with Crippen LogP contribution in [-0.4, -0.2) is 47.5 Å². The quantitative estimate of drug-likeness (QED) is 0.447. The van der Waals surface area contributed by atoms with Gasteiger partial charge in [-0.2, -0.15) is 5.26 Å². The molecule has 0 bridgehead atoms. The van der Waals surface area contributed by atoms with Crippen molar-refractivity contribution in [2.75, 3.05) is 32.7 Å². The number of piperazine rings is 1. The number of nitriles is 1. The summed E-state index contributed by atoms with van der Waals surface area (Å²) in [5.74, 6) is 0.971. The van der Waals surface area contributed by atoms with Crippen LogP contribution >= 0.6 is 0 Å². The molecule has 172 valence electrons. The van der Waals surface area contributed by atoms with Crippen LogP contribution in [0.15, 0.2) is 71.3 Å². The first-order valence-electron chi connectivity index (χ1n) is 12.0. The molecule has 1 saturated heterocycles. The molecule has 1 aliphatic heterocycles. The topological polar surface area (TPSA) is 56.3 Å². The Balaban J connectivity index is 1.25. The molecule has 0 radical (unpaired) electrons. The largest absolute Gasteiger partial charge is 0.444 e. The third-order valence-corrected chi connectivity index (χ3v) is 6.94. The van der Waals surface area contributed by atoms with E-state index >= 15 is 0 Å². The van der Waals surface area contributed by atoms with Gasteiger partial charge in [-0.25, -0.2) is 4.98 Å². The summed E-state index contributed by atoms with van der Waals surface area (Å²) in [5, 5.41) is 10.1. The van der Waals surface area contributed by atoms with Gasteiger partial charge in [0.2, 0.25) is 5.89 Å². The number of hydrogen-bond donors (Lipinski definition) is 0. The van der Waals surface area contributed by atoms with Gasteiger partial charge in [0, 0.05) is 38.3 Å². The highest BCUT2D eigenvalue weighted by atomic mass is 16.3. The first-order chi connectivity index (χ1) is 16.1. The van der Waals surface area contributed by atoms with Crippen LogP contribution < -0.4 is 0 Å². The molecule has 33 heavy (non-hydrogen) atoms. The normalized spacial score (nSPS) is 17.0. The van der Waals surface area contributed by atoms with Crippen LogP contribution in [0.2, 0.25) is 0 Å². The summed E-state index contributed by atoms with van der Waals surface area (Å²) in [6, 6.07) is 23.0. The second-order valence-electron chi connectivity index (χ2n) is 9.34. The van der Waals surface area contributed by atoms with E-state index in [2.05, 4.69) is 46.8 Å². The van der Waals surface area contributed by atoms with Gasteiger partial charge in [0.25, 0.3) is 0 Å². The van der Waals surface area contributed by atoms with Crippen molar-refractivity contribution in [3.63, 3.8) is 0 Å².